The minimum absolute atomic E-state index is 0. The molecule has 0 fully saturated rings. The maximum absolute atomic E-state index is 3.92. The van der Waals surface area contributed by atoms with Gasteiger partial charge in [0.25, 0.3) is 0 Å². The molecule has 1 rings (SSSR count). The molecule has 0 aromatic heterocycles. The van der Waals surface area contributed by atoms with Crippen molar-refractivity contribution in [3.8, 4) is 0 Å². The Labute approximate surface area is 101 Å². The number of hydrogen-bond donors (Lipinski definition) is 0. The van der Waals surface area contributed by atoms with Crippen LogP contribution in [-0.2, 0) is 39.1 Å². The first-order chi connectivity index (χ1) is 5.15. The van der Waals surface area contributed by atoms with E-state index in [9.17, 15) is 0 Å². The minimum Gasteiger partial charge on any atom is -0.199 e. The van der Waals surface area contributed by atoms with Crippen LogP contribution in [0.4, 0.5) is 0 Å². The van der Waals surface area contributed by atoms with Crippen molar-refractivity contribution in [2.45, 2.75) is 27.2 Å². The maximum atomic E-state index is 3.92. The Morgan fingerprint density at radius 2 is 1.58 bits per heavy atom. The van der Waals surface area contributed by atoms with Crippen LogP contribution in [0.1, 0.15) is 29.2 Å². The zero-order chi connectivity index (χ0) is 8.43. The van der Waals surface area contributed by atoms with E-state index in [-0.39, 0.29) is 32.7 Å². The molecule has 0 spiro atoms. The molecule has 0 heterocycles. The second kappa shape index (κ2) is 5.04. The van der Waals surface area contributed by atoms with E-state index >= 15 is 0 Å². The smallest absolute Gasteiger partial charge is 0 e. The fraction of sp³-hybridized carbons (Fsp3) is 0.364. The molecule has 0 bridgehead atoms. The zero-order valence-electron chi connectivity index (χ0n) is 8.15. The van der Waals surface area contributed by atoms with E-state index in [4.69, 9.17) is 0 Å². The second-order valence-electron chi connectivity index (χ2n) is 3.06. The molecule has 0 amide bonds. The summed E-state index contributed by atoms with van der Waals surface area (Å²) in [6.45, 7) is 10.4. The molecule has 1 radical (unpaired) electrons. The van der Waals surface area contributed by atoms with Gasteiger partial charge in [0.2, 0.25) is 0 Å². The van der Waals surface area contributed by atoms with E-state index in [0.717, 1.165) is 12.0 Å². The third kappa shape index (κ3) is 2.60. The van der Waals surface area contributed by atoms with Gasteiger partial charge in [-0.2, -0.15) is 24.6 Å². The van der Waals surface area contributed by atoms with Crippen LogP contribution in [0.2, 0.25) is 0 Å². The molecular weight excluding hydrogens is 221 g/mol. The van der Waals surface area contributed by atoms with Crippen LogP contribution >= 0.6 is 0 Å². The summed E-state index contributed by atoms with van der Waals surface area (Å²) < 4.78 is 0. The number of benzene rings is 1. The average Bonchev–Trinajstić information content (AvgIpc) is 1.85. The van der Waals surface area contributed by atoms with E-state index in [1.54, 1.807) is 0 Å². The van der Waals surface area contributed by atoms with Gasteiger partial charge in [0, 0.05) is 32.7 Å². The van der Waals surface area contributed by atoms with Crippen molar-refractivity contribution in [2.75, 3.05) is 0 Å². The molecule has 1 aromatic carbocycles. The van der Waals surface area contributed by atoms with Gasteiger partial charge in [-0.3, -0.25) is 0 Å². The molecule has 0 atom stereocenters. The van der Waals surface area contributed by atoms with Crippen molar-refractivity contribution in [1.82, 2.24) is 0 Å². The van der Waals surface area contributed by atoms with Crippen molar-refractivity contribution in [3.05, 3.63) is 41.3 Å². The molecule has 63 valence electrons. The standard InChI is InChI=1S/C11H15.Y/c1-5-11-9(3)6-8(2)7-10(11)4;/h6-7H,2,5H2,1,3-4H3;/q-1;. The topological polar surface area (TPSA) is 0 Å². The Morgan fingerprint density at radius 3 is 1.92 bits per heavy atom. The van der Waals surface area contributed by atoms with Crippen LogP contribution in [-0.4, -0.2) is 0 Å². The van der Waals surface area contributed by atoms with Crippen LogP contribution in [0.15, 0.2) is 12.1 Å². The molecule has 1 aromatic rings. The van der Waals surface area contributed by atoms with E-state index in [2.05, 4.69) is 39.8 Å². The quantitative estimate of drug-likeness (QED) is 0.657. The summed E-state index contributed by atoms with van der Waals surface area (Å²) >= 11 is 0. The van der Waals surface area contributed by atoms with E-state index in [1.165, 1.54) is 16.7 Å². The molecule has 0 N–H and O–H groups in total. The van der Waals surface area contributed by atoms with Gasteiger partial charge in [-0.05, 0) is 6.42 Å². The van der Waals surface area contributed by atoms with Crippen molar-refractivity contribution in [1.29, 1.82) is 0 Å². The van der Waals surface area contributed by atoms with Gasteiger partial charge in [0.1, 0.15) is 0 Å². The van der Waals surface area contributed by atoms with Gasteiger partial charge in [-0.25, -0.2) is 0 Å². The summed E-state index contributed by atoms with van der Waals surface area (Å²) in [6.07, 6.45) is 1.12. The minimum atomic E-state index is 0. The maximum Gasteiger partial charge on any atom is 0 e. The molecule has 1 heteroatoms. The molecule has 0 saturated carbocycles. The molecular formula is C11H15Y-. The Balaban J connectivity index is 0.00000121. The molecule has 0 nitrogen and oxygen atoms in total. The average molecular weight is 236 g/mol. The van der Waals surface area contributed by atoms with Gasteiger partial charge in [0.15, 0.2) is 0 Å². The van der Waals surface area contributed by atoms with Crippen LogP contribution in [0.25, 0.3) is 0 Å². The number of hydrogen-bond acceptors (Lipinski definition) is 0. The zero-order valence-corrected chi connectivity index (χ0v) is 11.0. The van der Waals surface area contributed by atoms with Gasteiger partial charge in [0.05, 0.1) is 0 Å². The molecule has 0 aliphatic heterocycles. The van der Waals surface area contributed by atoms with E-state index in [0.29, 0.717) is 0 Å². The van der Waals surface area contributed by atoms with Gasteiger partial charge >= 0.3 is 0 Å². The molecule has 0 saturated heterocycles. The SMILES string of the molecule is [CH2-]c1cc(C)c(CC)c(C)c1.[Y]. The van der Waals surface area contributed by atoms with E-state index < -0.39 is 0 Å². The summed E-state index contributed by atoms with van der Waals surface area (Å²) in [5.41, 5.74) is 5.34. The summed E-state index contributed by atoms with van der Waals surface area (Å²) in [5, 5.41) is 0. The fourth-order valence-corrected chi connectivity index (χ4v) is 1.64. The normalized spacial score (nSPS) is 9.25. The summed E-state index contributed by atoms with van der Waals surface area (Å²) in [7, 11) is 0. The molecule has 0 unspecified atom stereocenters. The van der Waals surface area contributed by atoms with Crippen LogP contribution in [0.5, 0.6) is 0 Å². The first-order valence-corrected chi connectivity index (χ1v) is 4.07. The first kappa shape index (κ1) is 12.2. The third-order valence-electron chi connectivity index (χ3n) is 2.11. The fourth-order valence-electron chi connectivity index (χ4n) is 1.64. The Hall–Kier alpha value is 0.194. The van der Waals surface area contributed by atoms with Crippen molar-refractivity contribution in [3.63, 3.8) is 0 Å². The Kier molecular flexibility index (Phi) is 5.12. The van der Waals surface area contributed by atoms with Crippen LogP contribution < -0.4 is 0 Å². The summed E-state index contributed by atoms with van der Waals surface area (Å²) in [4.78, 5) is 0. The summed E-state index contributed by atoms with van der Waals surface area (Å²) in [6, 6.07) is 4.29. The monoisotopic (exact) mass is 236 g/mol. The van der Waals surface area contributed by atoms with Crippen LogP contribution in [0.3, 0.4) is 0 Å². The third-order valence-corrected chi connectivity index (χ3v) is 2.11. The van der Waals surface area contributed by atoms with Gasteiger partial charge < -0.3 is 0 Å². The van der Waals surface area contributed by atoms with Crippen molar-refractivity contribution >= 4 is 0 Å². The van der Waals surface area contributed by atoms with E-state index in [1.807, 2.05) is 0 Å². The van der Waals surface area contributed by atoms with Crippen molar-refractivity contribution in [2.24, 2.45) is 0 Å². The Morgan fingerprint density at radius 1 is 1.17 bits per heavy atom. The van der Waals surface area contributed by atoms with Gasteiger partial charge in [-0.15, -0.1) is 11.1 Å². The predicted molar refractivity (Wildman–Crippen MR) is 49.8 cm³/mol. The predicted octanol–water partition coefficient (Wildman–Crippen LogP) is 3.05. The van der Waals surface area contributed by atoms with Crippen LogP contribution in [0, 0.1) is 20.8 Å². The summed E-state index contributed by atoms with van der Waals surface area (Å²) in [5.74, 6) is 0. The molecule has 0 aliphatic carbocycles. The molecule has 12 heavy (non-hydrogen) atoms. The van der Waals surface area contributed by atoms with Crippen molar-refractivity contribution < 1.29 is 32.7 Å². The molecule has 0 aliphatic rings. The Bertz CT molecular complexity index is 241. The largest absolute Gasteiger partial charge is 0.199 e. The number of aryl methyl sites for hydroxylation is 2. The number of rotatable bonds is 1. The second-order valence-corrected chi connectivity index (χ2v) is 3.06. The van der Waals surface area contributed by atoms with Gasteiger partial charge in [-0.1, -0.05) is 26.3 Å². The first-order valence-electron chi connectivity index (χ1n) is 4.07.